The summed E-state index contributed by atoms with van der Waals surface area (Å²) in [5.41, 5.74) is 1.77. The molecule has 0 radical (unpaired) electrons. The van der Waals surface area contributed by atoms with Gasteiger partial charge in [-0.2, -0.15) is 5.26 Å². The molecular weight excluding hydrogens is 480 g/mol. The standard InChI is InChI=1S/C26H22N4O5S/c27-13-18-4-1-2-5-19(18)15-30-20-9-11-36-24(20)25(32)29(26(30)33)10-3-6-23(31)28-14-17-7-8-21-22(12-17)35-16-34-21/h1-2,4-5,7-9,11-12H,3,6,10,14-16H2,(H,28,31). The van der Waals surface area contributed by atoms with E-state index in [1.165, 1.54) is 20.5 Å². The van der Waals surface area contributed by atoms with Gasteiger partial charge in [-0.05, 0) is 47.2 Å². The Morgan fingerprint density at radius 3 is 2.78 bits per heavy atom. The van der Waals surface area contributed by atoms with Gasteiger partial charge in [0.2, 0.25) is 12.7 Å². The Hall–Kier alpha value is -4.36. The zero-order valence-electron chi connectivity index (χ0n) is 19.2. The van der Waals surface area contributed by atoms with E-state index in [2.05, 4.69) is 11.4 Å². The molecule has 0 unspecified atom stereocenters. The fourth-order valence-corrected chi connectivity index (χ4v) is 5.00. The van der Waals surface area contributed by atoms with Crippen LogP contribution in [0.2, 0.25) is 0 Å². The molecule has 0 aliphatic carbocycles. The van der Waals surface area contributed by atoms with Gasteiger partial charge < -0.3 is 14.8 Å². The first-order valence-electron chi connectivity index (χ1n) is 11.4. The molecule has 3 heterocycles. The molecule has 36 heavy (non-hydrogen) atoms. The number of carbonyl (C=O) groups excluding carboxylic acids is 1. The molecule has 2 aromatic carbocycles. The fourth-order valence-electron chi connectivity index (χ4n) is 4.16. The summed E-state index contributed by atoms with van der Waals surface area (Å²) in [6.07, 6.45) is 0.490. The average molecular weight is 503 g/mol. The predicted octanol–water partition coefficient (Wildman–Crippen LogP) is 2.97. The number of carbonyl (C=O) groups is 1. The quantitative estimate of drug-likeness (QED) is 0.396. The molecule has 0 saturated carbocycles. The van der Waals surface area contributed by atoms with E-state index < -0.39 is 5.69 Å². The molecular formula is C26H22N4O5S. The fraction of sp³-hybridized carbons (Fsp3) is 0.231. The Morgan fingerprint density at radius 1 is 1.08 bits per heavy atom. The number of amides is 1. The van der Waals surface area contributed by atoms with Crippen molar-refractivity contribution in [3.05, 3.63) is 91.4 Å². The number of thiophene rings is 1. The van der Waals surface area contributed by atoms with Crippen LogP contribution in [0.3, 0.4) is 0 Å². The minimum Gasteiger partial charge on any atom is -0.454 e. The van der Waals surface area contributed by atoms with Crippen LogP contribution in [-0.4, -0.2) is 21.8 Å². The lowest BCUT2D eigenvalue weighted by atomic mass is 10.1. The van der Waals surface area contributed by atoms with Gasteiger partial charge in [0.05, 0.1) is 23.7 Å². The smallest absolute Gasteiger partial charge is 0.331 e. The van der Waals surface area contributed by atoms with E-state index in [9.17, 15) is 19.6 Å². The van der Waals surface area contributed by atoms with Crippen LogP contribution in [0.5, 0.6) is 11.5 Å². The van der Waals surface area contributed by atoms with Gasteiger partial charge in [-0.1, -0.05) is 24.3 Å². The number of aromatic nitrogens is 2. The molecule has 2 aromatic heterocycles. The summed E-state index contributed by atoms with van der Waals surface area (Å²) in [4.78, 5) is 38.7. The van der Waals surface area contributed by atoms with Gasteiger partial charge in [-0.15, -0.1) is 11.3 Å². The minimum absolute atomic E-state index is 0.114. The van der Waals surface area contributed by atoms with Crippen molar-refractivity contribution in [2.24, 2.45) is 0 Å². The number of hydrogen-bond donors (Lipinski definition) is 1. The molecule has 1 aliphatic rings. The second kappa shape index (κ2) is 10.1. The topological polar surface area (TPSA) is 115 Å². The second-order valence-electron chi connectivity index (χ2n) is 8.30. The van der Waals surface area contributed by atoms with Crippen LogP contribution >= 0.6 is 11.3 Å². The molecule has 0 saturated heterocycles. The van der Waals surface area contributed by atoms with Crippen LogP contribution in [-0.2, 0) is 24.4 Å². The van der Waals surface area contributed by atoms with Crippen molar-refractivity contribution in [3.63, 3.8) is 0 Å². The second-order valence-corrected chi connectivity index (χ2v) is 9.21. The minimum atomic E-state index is -0.459. The molecule has 5 rings (SSSR count). The van der Waals surface area contributed by atoms with Crippen LogP contribution in [0.15, 0.2) is 63.5 Å². The molecule has 0 atom stereocenters. The third kappa shape index (κ3) is 4.61. The Labute approximate surface area is 209 Å². The zero-order chi connectivity index (χ0) is 25.1. The van der Waals surface area contributed by atoms with Crippen molar-refractivity contribution in [1.29, 1.82) is 5.26 Å². The molecule has 9 nitrogen and oxygen atoms in total. The summed E-state index contributed by atoms with van der Waals surface area (Å²) in [6.45, 7) is 0.810. The highest BCUT2D eigenvalue weighted by Crippen LogP contribution is 2.32. The normalized spacial score (nSPS) is 12.0. The Kier molecular flexibility index (Phi) is 6.56. The highest BCUT2D eigenvalue weighted by atomic mass is 32.1. The highest BCUT2D eigenvalue weighted by Gasteiger charge is 2.16. The third-order valence-corrected chi connectivity index (χ3v) is 6.91. The summed E-state index contributed by atoms with van der Waals surface area (Å²) in [5.74, 6) is 1.15. The van der Waals surface area contributed by atoms with Crippen molar-refractivity contribution in [3.8, 4) is 17.6 Å². The molecule has 1 N–H and O–H groups in total. The van der Waals surface area contributed by atoms with E-state index in [-0.39, 0.29) is 37.8 Å². The number of nitrogens with zero attached hydrogens (tertiary/aromatic N) is 3. The third-order valence-electron chi connectivity index (χ3n) is 6.01. The largest absolute Gasteiger partial charge is 0.454 e. The summed E-state index contributed by atoms with van der Waals surface area (Å²) >= 11 is 1.27. The number of rotatable bonds is 8. The van der Waals surface area contributed by atoms with Gasteiger partial charge in [-0.3, -0.25) is 18.7 Å². The first-order valence-corrected chi connectivity index (χ1v) is 12.3. The van der Waals surface area contributed by atoms with Crippen molar-refractivity contribution in [2.45, 2.75) is 32.5 Å². The number of nitrogens with one attached hydrogen (secondary N) is 1. The van der Waals surface area contributed by atoms with Gasteiger partial charge in [0.1, 0.15) is 4.70 Å². The van der Waals surface area contributed by atoms with E-state index in [1.54, 1.807) is 35.7 Å². The van der Waals surface area contributed by atoms with Crippen molar-refractivity contribution < 1.29 is 14.3 Å². The first-order chi connectivity index (χ1) is 17.5. The van der Waals surface area contributed by atoms with E-state index in [0.29, 0.717) is 45.8 Å². The van der Waals surface area contributed by atoms with Crippen molar-refractivity contribution in [2.75, 3.05) is 6.79 Å². The molecule has 0 fully saturated rings. The first kappa shape index (κ1) is 23.4. The molecule has 1 amide bonds. The lowest BCUT2D eigenvalue weighted by molar-refractivity contribution is -0.121. The van der Waals surface area contributed by atoms with E-state index >= 15 is 0 Å². The lowest BCUT2D eigenvalue weighted by Crippen LogP contribution is -2.40. The Morgan fingerprint density at radius 2 is 1.92 bits per heavy atom. The van der Waals surface area contributed by atoms with Crippen LogP contribution in [0.1, 0.15) is 29.5 Å². The Balaban J connectivity index is 1.28. The molecule has 1 aliphatic heterocycles. The summed E-state index contributed by atoms with van der Waals surface area (Å²) in [5, 5.41) is 14.0. The van der Waals surface area contributed by atoms with Crippen molar-refractivity contribution in [1.82, 2.24) is 14.5 Å². The predicted molar refractivity (Wildman–Crippen MR) is 134 cm³/mol. The summed E-state index contributed by atoms with van der Waals surface area (Å²) < 4.78 is 13.8. The van der Waals surface area contributed by atoms with Crippen LogP contribution < -0.4 is 26.0 Å². The van der Waals surface area contributed by atoms with Gasteiger partial charge in [0.15, 0.2) is 11.5 Å². The maximum Gasteiger partial charge on any atom is 0.331 e. The van der Waals surface area contributed by atoms with Gasteiger partial charge >= 0.3 is 5.69 Å². The van der Waals surface area contributed by atoms with E-state index in [1.807, 2.05) is 18.2 Å². The summed E-state index contributed by atoms with van der Waals surface area (Å²) in [6, 6.07) is 16.4. The zero-order valence-corrected chi connectivity index (χ0v) is 20.0. The Bertz CT molecular complexity index is 1610. The molecule has 4 aromatic rings. The highest BCUT2D eigenvalue weighted by molar-refractivity contribution is 7.17. The summed E-state index contributed by atoms with van der Waals surface area (Å²) in [7, 11) is 0. The number of ether oxygens (including phenoxy) is 2. The number of benzene rings is 2. The van der Waals surface area contributed by atoms with Crippen LogP contribution in [0, 0.1) is 11.3 Å². The molecule has 182 valence electrons. The average Bonchev–Trinajstić information content (AvgIpc) is 3.57. The van der Waals surface area contributed by atoms with Gasteiger partial charge in [-0.25, -0.2) is 4.79 Å². The van der Waals surface area contributed by atoms with E-state index in [0.717, 1.165) is 5.56 Å². The van der Waals surface area contributed by atoms with Gasteiger partial charge in [0.25, 0.3) is 5.56 Å². The number of hydrogen-bond acceptors (Lipinski definition) is 7. The molecule has 0 spiro atoms. The molecule has 10 heteroatoms. The molecule has 0 bridgehead atoms. The lowest BCUT2D eigenvalue weighted by Gasteiger charge is -2.13. The van der Waals surface area contributed by atoms with Crippen LogP contribution in [0.4, 0.5) is 0 Å². The SMILES string of the molecule is N#Cc1ccccc1Cn1c(=O)n(CCCC(=O)NCc2ccc3c(c2)OCO3)c(=O)c2sccc21. The van der Waals surface area contributed by atoms with Crippen molar-refractivity contribution >= 4 is 27.5 Å². The number of nitriles is 1. The van der Waals surface area contributed by atoms with Gasteiger partial charge in [0, 0.05) is 19.5 Å². The monoisotopic (exact) mass is 502 g/mol. The number of fused-ring (bicyclic) bond motifs is 2. The van der Waals surface area contributed by atoms with Crippen LogP contribution in [0.25, 0.3) is 10.2 Å². The maximum atomic E-state index is 13.3. The maximum absolute atomic E-state index is 13.3. The van der Waals surface area contributed by atoms with E-state index in [4.69, 9.17) is 9.47 Å².